The Labute approximate surface area is 139 Å². The van der Waals surface area contributed by atoms with Crippen LogP contribution in [0.4, 0.5) is 11.5 Å². The number of aromatic nitrogens is 3. The maximum Gasteiger partial charge on any atom is 0.273 e. The first-order chi connectivity index (χ1) is 11.7. The van der Waals surface area contributed by atoms with Gasteiger partial charge in [-0.3, -0.25) is 9.59 Å². The third kappa shape index (κ3) is 3.86. The van der Waals surface area contributed by atoms with E-state index in [4.69, 9.17) is 4.52 Å². The third-order valence-electron chi connectivity index (χ3n) is 3.24. The minimum atomic E-state index is -0.293. The van der Waals surface area contributed by atoms with Crippen LogP contribution in [0.25, 0.3) is 0 Å². The highest BCUT2D eigenvalue weighted by Crippen LogP contribution is 2.25. The van der Waals surface area contributed by atoms with Crippen molar-refractivity contribution < 1.29 is 14.1 Å². The van der Waals surface area contributed by atoms with Crippen molar-refractivity contribution in [2.45, 2.75) is 26.7 Å². The predicted octanol–water partition coefficient (Wildman–Crippen LogP) is 1.000. The number of aryl methyl sites for hydroxylation is 2. The molecule has 0 aromatic carbocycles. The van der Waals surface area contributed by atoms with Crippen LogP contribution in [0.5, 0.6) is 0 Å². The summed E-state index contributed by atoms with van der Waals surface area (Å²) in [4.78, 5) is 31.0. The molecule has 0 bridgehead atoms. The molecular formula is C15H20N6O3. The number of hydrogen-bond donors (Lipinski definition) is 3. The van der Waals surface area contributed by atoms with Crippen LogP contribution in [0.2, 0.25) is 0 Å². The molecule has 0 saturated heterocycles. The number of fused-ring (bicyclic) bond motifs is 1. The van der Waals surface area contributed by atoms with Crippen molar-refractivity contribution in [1.29, 1.82) is 0 Å². The molecule has 0 spiro atoms. The molecule has 0 atom stereocenters. The smallest absolute Gasteiger partial charge is 0.273 e. The molecule has 2 amide bonds. The largest absolute Gasteiger partial charge is 0.372 e. The highest BCUT2D eigenvalue weighted by atomic mass is 16.5. The molecule has 1 aliphatic rings. The lowest BCUT2D eigenvalue weighted by atomic mass is 10.1. The van der Waals surface area contributed by atoms with Gasteiger partial charge in [0.05, 0.1) is 17.9 Å². The summed E-state index contributed by atoms with van der Waals surface area (Å²) < 4.78 is 5.13. The molecule has 3 N–H and O–H groups in total. The van der Waals surface area contributed by atoms with E-state index in [1.807, 2.05) is 13.8 Å². The fraction of sp³-hybridized carbons (Fsp3) is 0.400. The molecule has 3 heterocycles. The monoisotopic (exact) mass is 332 g/mol. The van der Waals surface area contributed by atoms with Gasteiger partial charge in [-0.15, -0.1) is 0 Å². The fourth-order valence-corrected chi connectivity index (χ4v) is 2.14. The van der Waals surface area contributed by atoms with Crippen molar-refractivity contribution in [3.05, 3.63) is 29.5 Å². The van der Waals surface area contributed by atoms with Crippen molar-refractivity contribution in [2.75, 3.05) is 24.2 Å². The van der Waals surface area contributed by atoms with Crippen molar-refractivity contribution in [3.63, 3.8) is 0 Å². The number of amides is 2. The molecule has 2 aromatic rings. The molecule has 0 fully saturated rings. The number of carbonyl (C=O) groups excluding carboxylic acids is 2. The van der Waals surface area contributed by atoms with Crippen LogP contribution in [0.3, 0.4) is 0 Å². The van der Waals surface area contributed by atoms with Gasteiger partial charge in [0.1, 0.15) is 12.1 Å². The summed E-state index contributed by atoms with van der Waals surface area (Å²) in [5.41, 5.74) is 1.73. The van der Waals surface area contributed by atoms with Gasteiger partial charge in [-0.1, -0.05) is 19.0 Å². The lowest BCUT2D eigenvalue weighted by molar-refractivity contribution is -0.114. The third-order valence-corrected chi connectivity index (χ3v) is 3.24. The van der Waals surface area contributed by atoms with Crippen LogP contribution in [0.15, 0.2) is 16.9 Å². The number of rotatable bonds is 4. The van der Waals surface area contributed by atoms with Gasteiger partial charge in [0.15, 0.2) is 11.5 Å². The zero-order valence-electron chi connectivity index (χ0n) is 13.8. The lowest BCUT2D eigenvalue weighted by Crippen LogP contribution is -2.29. The van der Waals surface area contributed by atoms with Crippen molar-refractivity contribution in [1.82, 2.24) is 20.4 Å². The van der Waals surface area contributed by atoms with E-state index in [1.54, 1.807) is 6.07 Å². The van der Waals surface area contributed by atoms with Gasteiger partial charge in [-0.2, -0.15) is 0 Å². The lowest BCUT2D eigenvalue weighted by Gasteiger charge is -2.19. The summed E-state index contributed by atoms with van der Waals surface area (Å²) >= 11 is 0. The maximum atomic E-state index is 11.4. The molecule has 0 unspecified atom stereocenters. The zero-order chi connectivity index (χ0) is 17.5. The summed E-state index contributed by atoms with van der Waals surface area (Å²) in [5.74, 6) is 0.636. The predicted molar refractivity (Wildman–Crippen MR) is 87.8 cm³/mol. The summed E-state index contributed by atoms with van der Waals surface area (Å²) in [5, 5.41) is 11.9. The second-order valence-electron chi connectivity index (χ2n) is 4.70. The molecular weight excluding hydrogens is 312 g/mol. The van der Waals surface area contributed by atoms with Gasteiger partial charge in [0.25, 0.3) is 5.91 Å². The molecule has 0 saturated carbocycles. The highest BCUT2D eigenvalue weighted by Gasteiger charge is 2.19. The minimum absolute atomic E-state index is 0.136. The maximum absolute atomic E-state index is 11.4. The van der Waals surface area contributed by atoms with Gasteiger partial charge in [0, 0.05) is 19.5 Å². The van der Waals surface area contributed by atoms with Gasteiger partial charge < -0.3 is 20.5 Å². The van der Waals surface area contributed by atoms with Crippen molar-refractivity contribution in [3.8, 4) is 0 Å². The van der Waals surface area contributed by atoms with E-state index in [9.17, 15) is 9.59 Å². The van der Waals surface area contributed by atoms with Crippen LogP contribution in [0, 0.1) is 0 Å². The number of anilines is 2. The normalized spacial score (nSPS) is 12.2. The Morgan fingerprint density at radius 2 is 2.12 bits per heavy atom. The highest BCUT2D eigenvalue weighted by molar-refractivity contribution is 5.99. The Kier molecular flexibility index (Phi) is 5.83. The molecule has 128 valence electrons. The van der Waals surface area contributed by atoms with E-state index in [1.165, 1.54) is 13.4 Å². The molecule has 24 heavy (non-hydrogen) atoms. The topological polar surface area (TPSA) is 122 Å². The van der Waals surface area contributed by atoms with E-state index in [0.29, 0.717) is 30.1 Å². The first kappa shape index (κ1) is 17.4. The van der Waals surface area contributed by atoms with Crippen LogP contribution in [0.1, 0.15) is 35.8 Å². The summed E-state index contributed by atoms with van der Waals surface area (Å²) in [6.45, 7) is 4.19. The molecule has 0 radical (unpaired) electrons. The SMILES string of the molecule is CC.CNC(=O)c1cc(CCc2ncnc3c2NCC(=O)N3)on1. The van der Waals surface area contributed by atoms with E-state index in [2.05, 4.69) is 31.1 Å². The first-order valence-electron chi connectivity index (χ1n) is 7.72. The molecule has 9 heteroatoms. The second-order valence-corrected chi connectivity index (χ2v) is 4.70. The second kappa shape index (κ2) is 8.04. The summed E-state index contributed by atoms with van der Waals surface area (Å²) in [7, 11) is 1.53. The van der Waals surface area contributed by atoms with Gasteiger partial charge in [-0.05, 0) is 6.42 Å². The summed E-state index contributed by atoms with van der Waals surface area (Å²) in [6.07, 6.45) is 2.50. The van der Waals surface area contributed by atoms with E-state index >= 15 is 0 Å². The average molecular weight is 332 g/mol. The van der Waals surface area contributed by atoms with Crippen LogP contribution >= 0.6 is 0 Å². The van der Waals surface area contributed by atoms with Crippen LogP contribution in [-0.2, 0) is 17.6 Å². The molecule has 2 aromatic heterocycles. The molecule has 9 nitrogen and oxygen atoms in total. The Hall–Kier alpha value is -2.97. The van der Waals surface area contributed by atoms with Crippen LogP contribution in [-0.4, -0.2) is 40.5 Å². The molecule has 0 aliphatic carbocycles. The fourth-order valence-electron chi connectivity index (χ4n) is 2.14. The Morgan fingerprint density at radius 1 is 1.33 bits per heavy atom. The standard InChI is InChI=1S/C13H14N6O3.C2H6/c1-14-13(21)9-4-7(22-19-9)2-3-8-11-12(17-6-16-8)18-10(20)5-15-11;1-2/h4,6,15H,2-3,5H2,1H3,(H,14,21)(H,16,17,18,20);1-2H3. The Bertz CT molecular complexity index is 728. The summed E-state index contributed by atoms with van der Waals surface area (Å²) in [6, 6.07) is 1.60. The molecule has 3 rings (SSSR count). The number of hydrogen-bond acceptors (Lipinski definition) is 7. The Morgan fingerprint density at radius 3 is 2.88 bits per heavy atom. The Balaban J connectivity index is 0.00000100. The number of nitrogens with one attached hydrogen (secondary N) is 3. The molecule has 1 aliphatic heterocycles. The van der Waals surface area contributed by atoms with Crippen LogP contribution < -0.4 is 16.0 Å². The van der Waals surface area contributed by atoms with Gasteiger partial charge in [0.2, 0.25) is 5.91 Å². The average Bonchev–Trinajstić information content (AvgIpc) is 3.09. The van der Waals surface area contributed by atoms with Crippen molar-refractivity contribution in [2.24, 2.45) is 0 Å². The zero-order valence-corrected chi connectivity index (χ0v) is 13.8. The van der Waals surface area contributed by atoms with E-state index in [0.717, 1.165) is 5.69 Å². The van der Waals surface area contributed by atoms with E-state index < -0.39 is 0 Å². The van der Waals surface area contributed by atoms with Gasteiger partial charge >= 0.3 is 0 Å². The number of carbonyl (C=O) groups is 2. The number of nitrogens with zero attached hydrogens (tertiary/aromatic N) is 3. The quantitative estimate of drug-likeness (QED) is 0.763. The van der Waals surface area contributed by atoms with E-state index in [-0.39, 0.29) is 24.1 Å². The van der Waals surface area contributed by atoms with Gasteiger partial charge in [-0.25, -0.2) is 9.97 Å². The van der Waals surface area contributed by atoms with Crippen molar-refractivity contribution >= 4 is 23.3 Å². The first-order valence-corrected chi connectivity index (χ1v) is 7.72. The minimum Gasteiger partial charge on any atom is -0.372 e.